The van der Waals surface area contributed by atoms with Crippen LogP contribution in [0.1, 0.15) is 31.9 Å². The summed E-state index contributed by atoms with van der Waals surface area (Å²) in [6.45, 7) is 6.96. The summed E-state index contributed by atoms with van der Waals surface area (Å²) >= 11 is 6.04. The average molecular weight is 401 g/mol. The number of hydrogen-bond donors (Lipinski definition) is 1. The van der Waals surface area contributed by atoms with Crippen LogP contribution in [0, 0.1) is 5.92 Å². The Morgan fingerprint density at radius 2 is 1.68 bits per heavy atom. The highest BCUT2D eigenvalue weighted by molar-refractivity contribution is 6.30. The topological polar surface area (TPSA) is 49.4 Å². The minimum absolute atomic E-state index is 0.0783. The molecule has 1 atom stereocenters. The van der Waals surface area contributed by atoms with Gasteiger partial charge in [-0.1, -0.05) is 67.9 Å². The number of nitrogens with zero attached hydrogens (tertiary/aromatic N) is 1. The molecule has 28 heavy (non-hydrogen) atoms. The van der Waals surface area contributed by atoms with E-state index in [2.05, 4.69) is 5.32 Å². The van der Waals surface area contributed by atoms with Gasteiger partial charge in [-0.2, -0.15) is 0 Å². The molecule has 0 heterocycles. The lowest BCUT2D eigenvalue weighted by Crippen LogP contribution is -2.49. The van der Waals surface area contributed by atoms with E-state index in [1.54, 1.807) is 24.0 Å². The lowest BCUT2D eigenvalue weighted by molar-refractivity contribution is -0.139. The van der Waals surface area contributed by atoms with Crippen molar-refractivity contribution < 1.29 is 9.59 Å². The Hall–Kier alpha value is -2.33. The zero-order valence-corrected chi connectivity index (χ0v) is 17.6. The number of rotatable bonds is 9. The Kier molecular flexibility index (Phi) is 8.52. The number of amides is 2. The number of carbonyl (C=O) groups is 2. The summed E-state index contributed by atoms with van der Waals surface area (Å²) in [6.07, 6.45) is 0.918. The molecule has 0 aromatic heterocycles. The van der Waals surface area contributed by atoms with E-state index in [4.69, 9.17) is 11.6 Å². The highest BCUT2D eigenvalue weighted by Crippen LogP contribution is 2.14. The van der Waals surface area contributed by atoms with Gasteiger partial charge in [0.05, 0.1) is 6.42 Å². The molecule has 2 aromatic rings. The predicted molar refractivity (Wildman–Crippen MR) is 114 cm³/mol. The van der Waals surface area contributed by atoms with Gasteiger partial charge < -0.3 is 10.2 Å². The van der Waals surface area contributed by atoms with Gasteiger partial charge in [0.25, 0.3) is 0 Å². The van der Waals surface area contributed by atoms with Crippen molar-refractivity contribution in [1.82, 2.24) is 10.2 Å². The Labute approximate surface area is 172 Å². The third kappa shape index (κ3) is 7.01. The second-order valence-electron chi connectivity index (χ2n) is 7.44. The Bertz CT molecular complexity index is 777. The maximum atomic E-state index is 13.0. The van der Waals surface area contributed by atoms with Crippen LogP contribution in [0.15, 0.2) is 54.6 Å². The van der Waals surface area contributed by atoms with Crippen LogP contribution in [0.2, 0.25) is 5.02 Å². The molecule has 0 aliphatic carbocycles. The van der Waals surface area contributed by atoms with Crippen LogP contribution in [0.4, 0.5) is 0 Å². The molecule has 0 fully saturated rings. The molecule has 2 amide bonds. The normalized spacial score (nSPS) is 11.9. The molecule has 0 spiro atoms. The summed E-state index contributed by atoms with van der Waals surface area (Å²) in [7, 11) is 0. The van der Waals surface area contributed by atoms with E-state index in [1.165, 1.54) is 0 Å². The quantitative estimate of drug-likeness (QED) is 0.688. The smallest absolute Gasteiger partial charge is 0.242 e. The molecule has 0 bridgehead atoms. The van der Waals surface area contributed by atoms with Gasteiger partial charge in [0.15, 0.2) is 0 Å². The van der Waals surface area contributed by atoms with Crippen molar-refractivity contribution in [3.05, 3.63) is 70.7 Å². The lowest BCUT2D eigenvalue weighted by atomic mass is 10.1. The molecule has 0 saturated carbocycles. The van der Waals surface area contributed by atoms with Gasteiger partial charge in [-0.3, -0.25) is 9.59 Å². The first-order valence-corrected chi connectivity index (χ1v) is 10.1. The first-order valence-electron chi connectivity index (χ1n) is 9.72. The van der Waals surface area contributed by atoms with Crippen molar-refractivity contribution in [1.29, 1.82) is 0 Å². The summed E-state index contributed by atoms with van der Waals surface area (Å²) in [6, 6.07) is 16.7. The minimum atomic E-state index is -0.533. The molecule has 0 unspecified atom stereocenters. The van der Waals surface area contributed by atoms with Crippen molar-refractivity contribution in [3.63, 3.8) is 0 Å². The number of halogens is 1. The van der Waals surface area contributed by atoms with Crippen LogP contribution in [0.3, 0.4) is 0 Å². The number of benzene rings is 2. The first kappa shape index (κ1) is 22.0. The zero-order valence-electron chi connectivity index (χ0n) is 16.8. The van der Waals surface area contributed by atoms with E-state index < -0.39 is 6.04 Å². The molecule has 1 N–H and O–H groups in total. The van der Waals surface area contributed by atoms with E-state index in [0.29, 0.717) is 30.5 Å². The van der Waals surface area contributed by atoms with E-state index in [-0.39, 0.29) is 18.2 Å². The van der Waals surface area contributed by atoms with Crippen LogP contribution in [0.25, 0.3) is 0 Å². The van der Waals surface area contributed by atoms with E-state index in [0.717, 1.165) is 11.1 Å². The molecule has 0 aliphatic heterocycles. The third-order valence-corrected chi connectivity index (χ3v) is 4.82. The van der Waals surface area contributed by atoms with Gasteiger partial charge in [-0.15, -0.1) is 0 Å². The standard InChI is InChI=1S/C23H29ClN2O2/c1-17(2)16-25-23(28)18(3)26(13-12-19-8-5-4-6-9-19)22(27)15-20-10-7-11-21(24)14-20/h4-11,14,17-18H,12-13,15-16H2,1-3H3,(H,25,28)/t18-/m1/s1. The van der Waals surface area contributed by atoms with Gasteiger partial charge in [-0.25, -0.2) is 0 Å². The van der Waals surface area contributed by atoms with Crippen molar-refractivity contribution in [2.75, 3.05) is 13.1 Å². The Morgan fingerprint density at radius 1 is 1.00 bits per heavy atom. The molecular formula is C23H29ClN2O2. The SMILES string of the molecule is CC(C)CNC(=O)[C@@H](C)N(CCc1ccccc1)C(=O)Cc1cccc(Cl)c1. The van der Waals surface area contributed by atoms with E-state index >= 15 is 0 Å². The Balaban J connectivity index is 2.11. The third-order valence-electron chi connectivity index (χ3n) is 4.58. The average Bonchev–Trinajstić information content (AvgIpc) is 2.66. The Morgan fingerprint density at radius 3 is 2.32 bits per heavy atom. The molecule has 2 aromatic carbocycles. The van der Waals surface area contributed by atoms with Crippen molar-refractivity contribution in [2.45, 2.75) is 39.7 Å². The predicted octanol–water partition coefficient (Wildman–Crippen LogP) is 4.11. The fourth-order valence-electron chi connectivity index (χ4n) is 2.95. The zero-order chi connectivity index (χ0) is 20.5. The summed E-state index contributed by atoms with van der Waals surface area (Å²) in [5.74, 6) is 0.155. The second kappa shape index (κ2) is 10.9. The molecule has 2 rings (SSSR count). The molecule has 5 heteroatoms. The summed E-state index contributed by atoms with van der Waals surface area (Å²) in [5, 5.41) is 3.54. The van der Waals surface area contributed by atoms with Gasteiger partial charge in [0, 0.05) is 18.1 Å². The maximum Gasteiger partial charge on any atom is 0.242 e. The fraction of sp³-hybridized carbons (Fsp3) is 0.391. The minimum Gasteiger partial charge on any atom is -0.354 e. The van der Waals surface area contributed by atoms with Crippen molar-refractivity contribution in [2.24, 2.45) is 5.92 Å². The van der Waals surface area contributed by atoms with Gasteiger partial charge in [-0.05, 0) is 42.5 Å². The first-order chi connectivity index (χ1) is 13.4. The van der Waals surface area contributed by atoms with Crippen LogP contribution >= 0.6 is 11.6 Å². The number of carbonyl (C=O) groups excluding carboxylic acids is 2. The van der Waals surface area contributed by atoms with Crippen LogP contribution in [-0.2, 0) is 22.4 Å². The van der Waals surface area contributed by atoms with Gasteiger partial charge >= 0.3 is 0 Å². The van der Waals surface area contributed by atoms with Gasteiger partial charge in [0.1, 0.15) is 6.04 Å². The monoisotopic (exact) mass is 400 g/mol. The molecule has 4 nitrogen and oxygen atoms in total. The van der Waals surface area contributed by atoms with E-state index in [9.17, 15) is 9.59 Å². The molecule has 0 radical (unpaired) electrons. The summed E-state index contributed by atoms with van der Waals surface area (Å²) in [4.78, 5) is 27.3. The number of hydrogen-bond acceptors (Lipinski definition) is 2. The molecule has 0 saturated heterocycles. The highest BCUT2D eigenvalue weighted by atomic mass is 35.5. The van der Waals surface area contributed by atoms with Crippen LogP contribution < -0.4 is 5.32 Å². The van der Waals surface area contributed by atoms with Crippen LogP contribution in [-0.4, -0.2) is 35.8 Å². The highest BCUT2D eigenvalue weighted by Gasteiger charge is 2.25. The molecular weight excluding hydrogens is 372 g/mol. The summed E-state index contributed by atoms with van der Waals surface area (Å²) < 4.78 is 0. The van der Waals surface area contributed by atoms with Gasteiger partial charge in [0.2, 0.25) is 11.8 Å². The molecule has 150 valence electrons. The number of nitrogens with one attached hydrogen (secondary N) is 1. The fourth-order valence-corrected chi connectivity index (χ4v) is 3.16. The molecule has 0 aliphatic rings. The second-order valence-corrected chi connectivity index (χ2v) is 7.88. The summed E-state index contributed by atoms with van der Waals surface area (Å²) in [5.41, 5.74) is 1.98. The maximum absolute atomic E-state index is 13.0. The van der Waals surface area contributed by atoms with Crippen molar-refractivity contribution >= 4 is 23.4 Å². The largest absolute Gasteiger partial charge is 0.354 e. The lowest BCUT2D eigenvalue weighted by Gasteiger charge is -2.29. The van der Waals surface area contributed by atoms with Crippen LogP contribution in [0.5, 0.6) is 0 Å². The van der Waals surface area contributed by atoms with E-state index in [1.807, 2.05) is 56.3 Å². The van der Waals surface area contributed by atoms with Crippen molar-refractivity contribution in [3.8, 4) is 0 Å².